The third kappa shape index (κ3) is 6.78. The minimum absolute atomic E-state index is 1.12. The summed E-state index contributed by atoms with van der Waals surface area (Å²) in [6.07, 6.45) is 2.40. The smallest absolute Gasteiger partial charge is 0.209 e. The van der Waals surface area contributed by atoms with Gasteiger partial charge < -0.3 is 4.43 Å². The summed E-state index contributed by atoms with van der Waals surface area (Å²) in [7, 11) is -4.05. The summed E-state index contributed by atoms with van der Waals surface area (Å²) < 4.78 is 5.96. The molecule has 0 atom stereocenters. The van der Waals surface area contributed by atoms with Gasteiger partial charge >= 0.3 is 0 Å². The molecular weight excluding hydrogens is 453 g/mol. The molecule has 0 N–H and O–H groups in total. The summed E-state index contributed by atoms with van der Waals surface area (Å²) in [6.45, 7) is 24.0. The molecule has 5 heteroatoms. The maximum atomic E-state index is 5.96. The van der Waals surface area contributed by atoms with Crippen molar-refractivity contribution in [2.24, 2.45) is 0 Å². The molecular formula is C27H42OSi4. The largest absolute Gasteiger partial charge is 0.417 e. The lowest BCUT2D eigenvalue weighted by molar-refractivity contribution is 0.414. The zero-order valence-electron chi connectivity index (χ0n) is 22.1. The standard InChI is InChI=1S/C27H42OSi4/c1-28-32(10,11)27(29(2,3)4)22-24-14-18-26(19-15-24)25-16-12-23(13-17-25)20-21-31(8,9)30(5,6)7/h12-19,22H,1-11H3/b27-22+. The first-order chi connectivity index (χ1) is 14.6. The van der Waals surface area contributed by atoms with Crippen molar-refractivity contribution < 1.29 is 4.43 Å². The van der Waals surface area contributed by atoms with Gasteiger partial charge in [-0.1, -0.05) is 106 Å². The third-order valence-electron chi connectivity index (χ3n) is 6.80. The second-order valence-electron chi connectivity index (χ2n) is 11.8. The van der Waals surface area contributed by atoms with E-state index in [2.05, 4.69) is 132 Å². The molecule has 0 unspecified atom stereocenters. The van der Waals surface area contributed by atoms with Crippen molar-refractivity contribution in [3.05, 3.63) is 64.5 Å². The average molecular weight is 495 g/mol. The molecule has 2 rings (SSSR count). The van der Waals surface area contributed by atoms with Crippen LogP contribution in [0.1, 0.15) is 11.1 Å². The zero-order chi connectivity index (χ0) is 24.4. The molecule has 0 aliphatic carbocycles. The summed E-state index contributed by atoms with van der Waals surface area (Å²) in [6, 6.07) is 17.7. The molecule has 0 aliphatic heterocycles. The fourth-order valence-corrected chi connectivity index (χ4v) is 14.5. The zero-order valence-corrected chi connectivity index (χ0v) is 26.1. The number of rotatable bonds is 6. The Labute approximate surface area is 201 Å². The first kappa shape index (κ1) is 26.8. The van der Waals surface area contributed by atoms with Gasteiger partial charge in [0.1, 0.15) is 7.59 Å². The van der Waals surface area contributed by atoms with Gasteiger partial charge in [0.05, 0.1) is 15.7 Å². The Balaban J connectivity index is 2.27. The van der Waals surface area contributed by atoms with E-state index in [0.29, 0.717) is 0 Å². The summed E-state index contributed by atoms with van der Waals surface area (Å²) in [5, 5.41) is 0. The van der Waals surface area contributed by atoms with E-state index in [1.54, 1.807) is 4.82 Å². The molecule has 1 nitrogen and oxygen atoms in total. The summed E-state index contributed by atoms with van der Waals surface area (Å²) >= 11 is 0. The van der Waals surface area contributed by atoms with E-state index < -0.39 is 31.6 Å². The lowest BCUT2D eigenvalue weighted by Crippen LogP contribution is -2.51. The molecule has 32 heavy (non-hydrogen) atoms. The van der Waals surface area contributed by atoms with Crippen LogP contribution in [-0.2, 0) is 4.43 Å². The Morgan fingerprint density at radius 2 is 1.19 bits per heavy atom. The minimum Gasteiger partial charge on any atom is -0.417 e. The van der Waals surface area contributed by atoms with Crippen LogP contribution in [0.4, 0.5) is 0 Å². The molecule has 0 bridgehead atoms. The maximum Gasteiger partial charge on any atom is 0.209 e. The van der Waals surface area contributed by atoms with Crippen LogP contribution < -0.4 is 0 Å². The fraction of sp³-hybridized carbons (Fsp3) is 0.407. The van der Waals surface area contributed by atoms with Gasteiger partial charge in [0.15, 0.2) is 0 Å². The highest BCUT2D eigenvalue weighted by atomic mass is 29.3. The Hall–Kier alpha value is -1.43. The van der Waals surface area contributed by atoms with Crippen LogP contribution in [0.3, 0.4) is 0 Å². The maximum absolute atomic E-state index is 5.96. The van der Waals surface area contributed by atoms with Gasteiger partial charge in [-0.2, -0.15) is 0 Å². The van der Waals surface area contributed by atoms with E-state index in [1.165, 1.54) is 16.7 Å². The summed E-state index contributed by atoms with van der Waals surface area (Å²) in [5.74, 6) is 3.47. The van der Waals surface area contributed by atoms with Crippen molar-refractivity contribution >= 4 is 37.7 Å². The van der Waals surface area contributed by atoms with Crippen LogP contribution >= 0.6 is 0 Å². The monoisotopic (exact) mass is 494 g/mol. The molecule has 0 aliphatic rings. The molecule has 0 amide bonds. The molecule has 0 radical (unpaired) electrons. The first-order valence-corrected chi connectivity index (χ1v) is 25.5. The van der Waals surface area contributed by atoms with E-state index in [4.69, 9.17) is 4.43 Å². The Bertz CT molecular complexity index is 1010. The third-order valence-corrected chi connectivity index (χ3v) is 31.2. The van der Waals surface area contributed by atoms with Gasteiger partial charge in [-0.25, -0.2) is 0 Å². The highest BCUT2D eigenvalue weighted by Crippen LogP contribution is 2.29. The van der Waals surface area contributed by atoms with E-state index in [1.807, 2.05) is 7.11 Å². The van der Waals surface area contributed by atoms with Crippen molar-refractivity contribution in [3.63, 3.8) is 0 Å². The Morgan fingerprint density at radius 3 is 1.59 bits per heavy atom. The van der Waals surface area contributed by atoms with Crippen molar-refractivity contribution in [1.82, 2.24) is 0 Å². The quantitative estimate of drug-likeness (QED) is 0.292. The summed E-state index contributed by atoms with van der Waals surface area (Å²) in [4.78, 5) is 1.56. The van der Waals surface area contributed by atoms with Gasteiger partial charge in [0, 0.05) is 12.7 Å². The molecule has 0 heterocycles. The second kappa shape index (κ2) is 9.82. The number of hydrogen-bond donors (Lipinski definition) is 0. The van der Waals surface area contributed by atoms with Gasteiger partial charge in [-0.15, -0.1) is 5.54 Å². The highest BCUT2D eigenvalue weighted by molar-refractivity contribution is 7.43. The van der Waals surface area contributed by atoms with Gasteiger partial charge in [-0.3, -0.25) is 0 Å². The van der Waals surface area contributed by atoms with Crippen LogP contribution in [0.15, 0.2) is 53.4 Å². The first-order valence-electron chi connectivity index (χ1n) is 11.6. The molecule has 0 saturated carbocycles. The predicted molar refractivity (Wildman–Crippen MR) is 155 cm³/mol. The molecule has 2 aromatic carbocycles. The van der Waals surface area contributed by atoms with Crippen molar-refractivity contribution in [3.8, 4) is 22.6 Å². The molecule has 0 saturated heterocycles. The minimum atomic E-state index is -1.83. The van der Waals surface area contributed by atoms with Crippen LogP contribution in [0.2, 0.25) is 65.5 Å². The van der Waals surface area contributed by atoms with Gasteiger partial charge in [-0.05, 0) is 41.9 Å². The van der Waals surface area contributed by atoms with Crippen LogP contribution in [0, 0.1) is 11.5 Å². The molecule has 2 aromatic rings. The molecule has 0 aromatic heterocycles. The van der Waals surface area contributed by atoms with Gasteiger partial charge in [0.2, 0.25) is 8.32 Å². The highest BCUT2D eigenvalue weighted by Gasteiger charge is 2.36. The lowest BCUT2D eigenvalue weighted by atomic mass is 10.0. The lowest BCUT2D eigenvalue weighted by Gasteiger charge is -2.32. The fourth-order valence-electron chi connectivity index (χ4n) is 3.50. The topological polar surface area (TPSA) is 9.23 Å². The van der Waals surface area contributed by atoms with Crippen LogP contribution in [0.5, 0.6) is 0 Å². The molecule has 0 spiro atoms. The Kier molecular flexibility index (Phi) is 8.23. The van der Waals surface area contributed by atoms with Crippen molar-refractivity contribution in [1.29, 1.82) is 0 Å². The van der Waals surface area contributed by atoms with E-state index in [0.717, 1.165) is 5.56 Å². The SMILES string of the molecule is CO[Si](C)(C)/C(=C/c1ccc(-c2ccc(C#C[Si](C)(C)[Si](C)(C)C)cc2)cc1)[Si](C)(C)C. The summed E-state index contributed by atoms with van der Waals surface area (Å²) in [5.41, 5.74) is 8.55. The van der Waals surface area contributed by atoms with Crippen molar-refractivity contribution in [2.75, 3.05) is 7.11 Å². The number of benzene rings is 2. The molecule has 172 valence electrons. The van der Waals surface area contributed by atoms with Crippen LogP contribution in [0.25, 0.3) is 17.2 Å². The normalized spacial score (nSPS) is 13.5. The van der Waals surface area contributed by atoms with E-state index >= 15 is 0 Å². The van der Waals surface area contributed by atoms with Crippen LogP contribution in [-0.4, -0.2) is 38.7 Å². The van der Waals surface area contributed by atoms with E-state index in [-0.39, 0.29) is 0 Å². The van der Waals surface area contributed by atoms with Gasteiger partial charge in [0.25, 0.3) is 0 Å². The Morgan fingerprint density at radius 1 is 0.719 bits per heavy atom. The number of hydrogen-bond acceptors (Lipinski definition) is 1. The predicted octanol–water partition coefficient (Wildman–Crippen LogP) is 8.02. The molecule has 0 fully saturated rings. The second-order valence-corrected chi connectivity index (χ2v) is 37.6. The van der Waals surface area contributed by atoms with Crippen molar-refractivity contribution in [2.45, 2.75) is 65.5 Å². The average Bonchev–Trinajstić information content (AvgIpc) is 2.69. The van der Waals surface area contributed by atoms with E-state index in [9.17, 15) is 0 Å².